The fourth-order valence-electron chi connectivity index (χ4n) is 2.13. The Morgan fingerprint density at radius 3 is 2.50 bits per heavy atom. The van der Waals surface area contributed by atoms with Gasteiger partial charge in [-0.3, -0.25) is 9.58 Å². The summed E-state index contributed by atoms with van der Waals surface area (Å²) in [6, 6.07) is 0. The SMILES string of the molecule is CC1CN(Cc2nc(Br)nn2C)CC(C)O1. The average Bonchev–Trinajstić information content (AvgIpc) is 2.43. The molecule has 0 N–H and O–H groups in total. The Bertz CT molecular complexity index is 358. The van der Waals surface area contributed by atoms with Gasteiger partial charge in [-0.05, 0) is 29.8 Å². The van der Waals surface area contributed by atoms with Crippen molar-refractivity contribution < 1.29 is 4.74 Å². The van der Waals surface area contributed by atoms with Gasteiger partial charge in [0.05, 0.1) is 18.8 Å². The quantitative estimate of drug-likeness (QED) is 0.820. The second-order valence-corrected chi connectivity index (χ2v) is 5.08. The van der Waals surface area contributed by atoms with Gasteiger partial charge in [-0.2, -0.15) is 0 Å². The molecule has 1 aromatic heterocycles. The van der Waals surface area contributed by atoms with Gasteiger partial charge in [-0.1, -0.05) is 0 Å². The molecule has 0 amide bonds. The summed E-state index contributed by atoms with van der Waals surface area (Å²) in [4.78, 5) is 6.70. The van der Waals surface area contributed by atoms with Crippen molar-refractivity contribution in [2.45, 2.75) is 32.6 Å². The Labute approximate surface area is 104 Å². The molecule has 0 radical (unpaired) electrons. The summed E-state index contributed by atoms with van der Waals surface area (Å²) in [5.41, 5.74) is 0. The molecule has 1 fully saturated rings. The van der Waals surface area contributed by atoms with E-state index in [4.69, 9.17) is 4.74 Å². The molecule has 16 heavy (non-hydrogen) atoms. The number of aromatic nitrogens is 3. The van der Waals surface area contributed by atoms with E-state index in [1.165, 1.54) is 0 Å². The summed E-state index contributed by atoms with van der Waals surface area (Å²) >= 11 is 3.29. The number of morpholine rings is 1. The Hall–Kier alpha value is -0.460. The van der Waals surface area contributed by atoms with E-state index in [0.717, 1.165) is 25.5 Å². The lowest BCUT2D eigenvalue weighted by atomic mass is 10.2. The van der Waals surface area contributed by atoms with Gasteiger partial charge in [0.25, 0.3) is 0 Å². The van der Waals surface area contributed by atoms with E-state index in [0.29, 0.717) is 16.9 Å². The number of rotatable bonds is 2. The van der Waals surface area contributed by atoms with E-state index < -0.39 is 0 Å². The highest BCUT2D eigenvalue weighted by Crippen LogP contribution is 2.14. The summed E-state index contributed by atoms with van der Waals surface area (Å²) < 4.78 is 8.16. The molecule has 2 heterocycles. The van der Waals surface area contributed by atoms with Gasteiger partial charge in [0.15, 0.2) is 0 Å². The van der Waals surface area contributed by atoms with Crippen molar-refractivity contribution >= 4 is 15.9 Å². The molecular weight excluding hydrogens is 272 g/mol. The molecule has 0 aromatic carbocycles. The van der Waals surface area contributed by atoms with Crippen LogP contribution in [0.4, 0.5) is 0 Å². The lowest BCUT2D eigenvalue weighted by Gasteiger charge is -2.34. The summed E-state index contributed by atoms with van der Waals surface area (Å²) in [5, 5.41) is 4.18. The van der Waals surface area contributed by atoms with Crippen LogP contribution in [0.2, 0.25) is 0 Å². The van der Waals surface area contributed by atoms with Crippen LogP contribution in [0.1, 0.15) is 19.7 Å². The third kappa shape index (κ3) is 2.81. The highest BCUT2D eigenvalue weighted by molar-refractivity contribution is 9.10. The fraction of sp³-hybridized carbons (Fsp3) is 0.800. The number of halogens is 1. The van der Waals surface area contributed by atoms with E-state index >= 15 is 0 Å². The Balaban J connectivity index is 2.01. The number of aryl methyl sites for hydroxylation is 1. The van der Waals surface area contributed by atoms with Crippen LogP contribution in [0.5, 0.6) is 0 Å². The van der Waals surface area contributed by atoms with Crippen molar-refractivity contribution in [3.8, 4) is 0 Å². The maximum absolute atomic E-state index is 5.70. The molecule has 2 unspecified atom stereocenters. The van der Waals surface area contributed by atoms with E-state index in [-0.39, 0.29) is 0 Å². The second kappa shape index (κ2) is 4.81. The topological polar surface area (TPSA) is 43.2 Å². The van der Waals surface area contributed by atoms with Crippen LogP contribution in [0.25, 0.3) is 0 Å². The van der Waals surface area contributed by atoms with E-state index in [9.17, 15) is 0 Å². The van der Waals surface area contributed by atoms with Crippen LogP contribution >= 0.6 is 15.9 Å². The van der Waals surface area contributed by atoms with Gasteiger partial charge in [-0.25, -0.2) is 4.98 Å². The molecule has 6 heteroatoms. The standard InChI is InChI=1S/C10H17BrN4O/c1-7-4-15(5-8(2)16-7)6-9-12-10(11)13-14(9)3/h7-8H,4-6H2,1-3H3. The summed E-state index contributed by atoms with van der Waals surface area (Å²) in [7, 11) is 1.92. The van der Waals surface area contributed by atoms with Crippen molar-refractivity contribution in [2.24, 2.45) is 7.05 Å². The van der Waals surface area contributed by atoms with Crippen molar-refractivity contribution in [2.75, 3.05) is 13.1 Å². The zero-order chi connectivity index (χ0) is 11.7. The van der Waals surface area contributed by atoms with Gasteiger partial charge >= 0.3 is 0 Å². The van der Waals surface area contributed by atoms with Crippen LogP contribution in [0.3, 0.4) is 0 Å². The van der Waals surface area contributed by atoms with Crippen molar-refractivity contribution in [3.05, 3.63) is 10.6 Å². The third-order valence-electron chi connectivity index (χ3n) is 2.69. The molecule has 0 saturated carbocycles. The highest BCUT2D eigenvalue weighted by atomic mass is 79.9. The number of hydrogen-bond donors (Lipinski definition) is 0. The normalized spacial score (nSPS) is 27.2. The monoisotopic (exact) mass is 288 g/mol. The van der Waals surface area contributed by atoms with Crippen molar-refractivity contribution in [1.82, 2.24) is 19.7 Å². The zero-order valence-corrected chi connectivity index (χ0v) is 11.4. The van der Waals surface area contributed by atoms with Crippen molar-refractivity contribution in [3.63, 3.8) is 0 Å². The van der Waals surface area contributed by atoms with Gasteiger partial charge < -0.3 is 4.74 Å². The summed E-state index contributed by atoms with van der Waals surface area (Å²) in [5.74, 6) is 0.980. The minimum absolute atomic E-state index is 0.292. The average molecular weight is 289 g/mol. The maximum Gasteiger partial charge on any atom is 0.217 e. The lowest BCUT2D eigenvalue weighted by Crippen LogP contribution is -2.45. The highest BCUT2D eigenvalue weighted by Gasteiger charge is 2.23. The zero-order valence-electron chi connectivity index (χ0n) is 9.85. The van der Waals surface area contributed by atoms with Crippen LogP contribution in [-0.4, -0.2) is 45.0 Å². The molecule has 1 aromatic rings. The Kier molecular flexibility index (Phi) is 3.61. The first-order chi connectivity index (χ1) is 7.54. The molecule has 0 aliphatic carbocycles. The minimum atomic E-state index is 0.292. The van der Waals surface area contributed by atoms with Crippen LogP contribution in [0.15, 0.2) is 4.73 Å². The number of ether oxygens (including phenoxy) is 1. The van der Waals surface area contributed by atoms with Gasteiger partial charge in [-0.15, -0.1) is 5.10 Å². The molecular formula is C10H17BrN4O. The van der Waals surface area contributed by atoms with Crippen LogP contribution in [-0.2, 0) is 18.3 Å². The predicted octanol–water partition coefficient (Wildman–Crippen LogP) is 1.19. The first-order valence-electron chi connectivity index (χ1n) is 5.48. The van der Waals surface area contributed by atoms with Crippen LogP contribution in [0, 0.1) is 0 Å². The van der Waals surface area contributed by atoms with E-state index in [2.05, 4.69) is 44.8 Å². The van der Waals surface area contributed by atoms with Gasteiger partial charge in [0.1, 0.15) is 5.82 Å². The Morgan fingerprint density at radius 2 is 2.00 bits per heavy atom. The number of hydrogen-bond acceptors (Lipinski definition) is 4. The smallest absolute Gasteiger partial charge is 0.217 e. The molecule has 2 atom stereocenters. The first-order valence-corrected chi connectivity index (χ1v) is 6.27. The largest absolute Gasteiger partial charge is 0.373 e. The summed E-state index contributed by atoms with van der Waals surface area (Å²) in [6.45, 7) is 6.95. The molecule has 2 rings (SSSR count). The third-order valence-corrected chi connectivity index (χ3v) is 3.02. The molecule has 0 spiro atoms. The number of nitrogens with zero attached hydrogens (tertiary/aromatic N) is 4. The molecule has 0 bridgehead atoms. The minimum Gasteiger partial charge on any atom is -0.373 e. The fourth-order valence-corrected chi connectivity index (χ4v) is 2.58. The molecule has 90 valence electrons. The molecule has 5 nitrogen and oxygen atoms in total. The first kappa shape index (κ1) is 12.0. The van der Waals surface area contributed by atoms with Gasteiger partial charge in [0.2, 0.25) is 4.73 Å². The maximum atomic E-state index is 5.70. The molecule has 1 aliphatic heterocycles. The molecule has 1 aliphatic rings. The van der Waals surface area contributed by atoms with Gasteiger partial charge in [0, 0.05) is 20.1 Å². The lowest BCUT2D eigenvalue weighted by molar-refractivity contribution is -0.0713. The van der Waals surface area contributed by atoms with E-state index in [1.807, 2.05) is 11.7 Å². The van der Waals surface area contributed by atoms with E-state index in [1.54, 1.807) is 0 Å². The van der Waals surface area contributed by atoms with Crippen LogP contribution < -0.4 is 0 Å². The Morgan fingerprint density at radius 1 is 1.38 bits per heavy atom. The predicted molar refractivity (Wildman–Crippen MR) is 64.0 cm³/mol. The van der Waals surface area contributed by atoms with Crippen molar-refractivity contribution in [1.29, 1.82) is 0 Å². The second-order valence-electron chi connectivity index (χ2n) is 4.37. The summed E-state index contributed by atoms with van der Waals surface area (Å²) in [6.07, 6.45) is 0.584. The molecule has 1 saturated heterocycles.